The molecule has 3 aromatic carbocycles. The van der Waals surface area contributed by atoms with Crippen molar-refractivity contribution < 1.29 is 23.5 Å². The van der Waals surface area contributed by atoms with E-state index in [0.717, 1.165) is 16.7 Å². The molecule has 1 heterocycles. The average molecular weight is 490 g/mol. The van der Waals surface area contributed by atoms with Crippen LogP contribution < -0.4 is 9.47 Å². The third-order valence-electron chi connectivity index (χ3n) is 6.17. The summed E-state index contributed by atoms with van der Waals surface area (Å²) in [6.45, 7) is 1.74. The molecule has 0 N–H and O–H groups in total. The lowest BCUT2D eigenvalue weighted by Crippen LogP contribution is -2.39. The quantitative estimate of drug-likeness (QED) is 0.486. The van der Waals surface area contributed by atoms with Gasteiger partial charge in [-0.3, -0.25) is 9.59 Å². The van der Waals surface area contributed by atoms with Crippen LogP contribution in [-0.4, -0.2) is 55.2 Å². The van der Waals surface area contributed by atoms with Crippen molar-refractivity contribution in [1.82, 2.24) is 9.91 Å². The highest BCUT2D eigenvalue weighted by Crippen LogP contribution is 2.36. The minimum atomic E-state index is -0.632. The van der Waals surface area contributed by atoms with Crippen molar-refractivity contribution in [2.75, 3.05) is 27.8 Å². The number of nitrogens with zero attached hydrogens (tertiary/aromatic N) is 3. The van der Waals surface area contributed by atoms with E-state index in [1.165, 1.54) is 35.2 Å². The lowest BCUT2D eigenvalue weighted by atomic mass is 9.97. The van der Waals surface area contributed by atoms with Gasteiger partial charge in [-0.2, -0.15) is 5.10 Å². The second-order valence-corrected chi connectivity index (χ2v) is 8.62. The first kappa shape index (κ1) is 24.9. The Morgan fingerprint density at radius 3 is 2.44 bits per heavy atom. The predicted octanol–water partition coefficient (Wildman–Crippen LogP) is 4.60. The van der Waals surface area contributed by atoms with E-state index in [0.29, 0.717) is 23.6 Å². The number of methoxy groups -OCH3 is 2. The second-order valence-electron chi connectivity index (χ2n) is 8.62. The van der Waals surface area contributed by atoms with Crippen molar-refractivity contribution in [1.29, 1.82) is 0 Å². The summed E-state index contributed by atoms with van der Waals surface area (Å²) in [6.07, 6.45) is 0.461. The maximum absolute atomic E-state index is 14.1. The molecule has 0 unspecified atom stereocenters. The van der Waals surface area contributed by atoms with Crippen molar-refractivity contribution in [3.05, 3.63) is 94.8 Å². The Balaban J connectivity index is 1.64. The zero-order chi connectivity index (χ0) is 25.8. The van der Waals surface area contributed by atoms with Gasteiger partial charge in [0.1, 0.15) is 23.9 Å². The first-order valence-electron chi connectivity index (χ1n) is 11.5. The van der Waals surface area contributed by atoms with Gasteiger partial charge in [-0.15, -0.1) is 0 Å². The molecule has 0 bridgehead atoms. The summed E-state index contributed by atoms with van der Waals surface area (Å²) in [5.41, 5.74) is 3.36. The van der Waals surface area contributed by atoms with Gasteiger partial charge in [0.25, 0.3) is 11.8 Å². The Morgan fingerprint density at radius 2 is 1.78 bits per heavy atom. The molecule has 0 saturated carbocycles. The fourth-order valence-corrected chi connectivity index (χ4v) is 4.18. The SMILES string of the molecule is COc1ccc(C2=NN(C(=O)CN(C)C(=O)c3ccccc3F)[C@@H](c3ccc(C)cc3)C2)c(OC)c1. The first-order chi connectivity index (χ1) is 17.3. The number of hydrazone groups is 1. The van der Waals surface area contributed by atoms with E-state index in [9.17, 15) is 14.0 Å². The number of hydrogen-bond donors (Lipinski definition) is 0. The highest BCUT2D eigenvalue weighted by molar-refractivity contribution is 6.05. The van der Waals surface area contributed by atoms with Crippen molar-refractivity contribution in [2.24, 2.45) is 5.10 Å². The summed E-state index contributed by atoms with van der Waals surface area (Å²) < 4.78 is 25.0. The van der Waals surface area contributed by atoms with E-state index >= 15 is 0 Å². The molecule has 0 fully saturated rings. The van der Waals surface area contributed by atoms with E-state index in [-0.39, 0.29) is 24.1 Å². The fourth-order valence-electron chi connectivity index (χ4n) is 4.18. The Hall–Kier alpha value is -4.20. The Labute approximate surface area is 209 Å². The maximum Gasteiger partial charge on any atom is 0.262 e. The van der Waals surface area contributed by atoms with E-state index in [2.05, 4.69) is 5.10 Å². The number of carbonyl (C=O) groups excluding carboxylic acids is 2. The molecule has 2 amide bonds. The second kappa shape index (κ2) is 10.6. The van der Waals surface area contributed by atoms with Gasteiger partial charge in [-0.05, 0) is 36.8 Å². The lowest BCUT2D eigenvalue weighted by molar-refractivity contribution is -0.133. The van der Waals surface area contributed by atoms with Crippen LogP contribution in [0.3, 0.4) is 0 Å². The zero-order valence-electron chi connectivity index (χ0n) is 20.7. The van der Waals surface area contributed by atoms with E-state index in [4.69, 9.17) is 9.47 Å². The third-order valence-corrected chi connectivity index (χ3v) is 6.17. The van der Waals surface area contributed by atoms with E-state index in [1.807, 2.05) is 43.3 Å². The van der Waals surface area contributed by atoms with E-state index < -0.39 is 11.7 Å². The number of rotatable bonds is 7. The topological polar surface area (TPSA) is 71.4 Å². The molecule has 186 valence electrons. The molecule has 0 spiro atoms. The summed E-state index contributed by atoms with van der Waals surface area (Å²) in [6, 6.07) is 18.7. The number of ether oxygens (including phenoxy) is 2. The summed E-state index contributed by atoms with van der Waals surface area (Å²) in [4.78, 5) is 27.4. The molecule has 1 aliphatic rings. The monoisotopic (exact) mass is 489 g/mol. The van der Waals surface area contributed by atoms with Gasteiger partial charge in [-0.25, -0.2) is 9.40 Å². The van der Waals surface area contributed by atoms with Crippen LogP contribution in [0.15, 0.2) is 71.8 Å². The normalized spacial score (nSPS) is 14.9. The molecule has 36 heavy (non-hydrogen) atoms. The molecule has 0 saturated heterocycles. The molecule has 1 aliphatic heterocycles. The largest absolute Gasteiger partial charge is 0.497 e. The summed E-state index contributed by atoms with van der Waals surface area (Å²) in [5.74, 6) is -0.362. The number of benzene rings is 3. The van der Waals surface area contributed by atoms with Crippen LogP contribution in [0.1, 0.15) is 39.5 Å². The van der Waals surface area contributed by atoms with Gasteiger partial charge >= 0.3 is 0 Å². The van der Waals surface area contributed by atoms with Crippen LogP contribution in [0, 0.1) is 12.7 Å². The van der Waals surface area contributed by atoms with Gasteiger partial charge in [0.15, 0.2) is 0 Å². The Morgan fingerprint density at radius 1 is 1.06 bits per heavy atom. The van der Waals surface area contributed by atoms with Crippen molar-refractivity contribution in [3.63, 3.8) is 0 Å². The van der Waals surface area contributed by atoms with Gasteiger partial charge < -0.3 is 14.4 Å². The summed E-state index contributed by atoms with van der Waals surface area (Å²) in [7, 11) is 4.62. The minimum absolute atomic E-state index is 0.0866. The van der Waals surface area contributed by atoms with Crippen molar-refractivity contribution in [3.8, 4) is 11.5 Å². The molecule has 1 atom stereocenters. The number of likely N-dealkylation sites (N-methyl/N-ethyl adjacent to an activating group) is 1. The van der Waals surface area contributed by atoms with Crippen LogP contribution in [0.5, 0.6) is 11.5 Å². The maximum atomic E-state index is 14.1. The Kier molecular flexibility index (Phi) is 7.33. The molecular weight excluding hydrogens is 461 g/mol. The first-order valence-corrected chi connectivity index (χ1v) is 11.5. The fraction of sp³-hybridized carbons (Fsp3) is 0.250. The van der Waals surface area contributed by atoms with Crippen LogP contribution in [0.2, 0.25) is 0 Å². The molecule has 8 heteroatoms. The number of amides is 2. The third kappa shape index (κ3) is 5.07. The molecular formula is C28H28FN3O4. The number of hydrogen-bond acceptors (Lipinski definition) is 5. The number of halogens is 1. The van der Waals surface area contributed by atoms with Gasteiger partial charge in [0.05, 0.1) is 31.5 Å². The zero-order valence-corrected chi connectivity index (χ0v) is 20.7. The van der Waals surface area contributed by atoms with E-state index in [1.54, 1.807) is 26.4 Å². The summed E-state index contributed by atoms with van der Waals surface area (Å²) >= 11 is 0. The van der Waals surface area contributed by atoms with Gasteiger partial charge in [-0.1, -0.05) is 42.0 Å². The highest BCUT2D eigenvalue weighted by Gasteiger charge is 2.35. The number of carbonyl (C=O) groups is 2. The molecule has 0 aliphatic carbocycles. The van der Waals surface area contributed by atoms with Crippen molar-refractivity contribution >= 4 is 17.5 Å². The Bertz CT molecular complexity index is 1310. The molecule has 0 aromatic heterocycles. The van der Waals surface area contributed by atoms with Gasteiger partial charge in [0, 0.05) is 25.1 Å². The molecule has 7 nitrogen and oxygen atoms in total. The average Bonchev–Trinajstić information content (AvgIpc) is 3.34. The van der Waals surface area contributed by atoms with Crippen molar-refractivity contribution in [2.45, 2.75) is 19.4 Å². The lowest BCUT2D eigenvalue weighted by Gasteiger charge is -2.25. The van der Waals surface area contributed by atoms with Crippen LogP contribution in [0.4, 0.5) is 4.39 Å². The molecule has 4 rings (SSSR count). The standard InChI is InChI=1S/C28H28FN3O4/c1-18-9-11-19(12-10-18)25-16-24(22-14-13-20(35-3)15-26(22)36-4)30-32(25)27(33)17-31(2)28(34)21-7-5-6-8-23(21)29/h5-15,25H,16-17H2,1-4H3/t25-/m1/s1. The summed E-state index contributed by atoms with van der Waals surface area (Å²) in [5, 5.41) is 6.08. The molecule has 3 aromatic rings. The highest BCUT2D eigenvalue weighted by atomic mass is 19.1. The van der Waals surface area contributed by atoms with Crippen LogP contribution >= 0.6 is 0 Å². The molecule has 0 radical (unpaired) electrons. The van der Waals surface area contributed by atoms with Gasteiger partial charge in [0.2, 0.25) is 0 Å². The minimum Gasteiger partial charge on any atom is -0.497 e. The van der Waals surface area contributed by atoms with Crippen LogP contribution in [-0.2, 0) is 4.79 Å². The predicted molar refractivity (Wildman–Crippen MR) is 135 cm³/mol. The smallest absolute Gasteiger partial charge is 0.262 e. The van der Waals surface area contributed by atoms with Crippen LogP contribution in [0.25, 0.3) is 0 Å². The number of aryl methyl sites for hydroxylation is 1.